The number of carbonyl (C=O) groups excluding carboxylic acids is 3. The van der Waals surface area contributed by atoms with Gasteiger partial charge in [0.15, 0.2) is 0 Å². The number of benzene rings is 1. The van der Waals surface area contributed by atoms with Gasteiger partial charge in [-0.05, 0) is 12.1 Å². The van der Waals surface area contributed by atoms with Crippen LogP contribution >= 0.6 is 0 Å². The maximum Gasteiger partial charge on any atom is 0.254 e. The van der Waals surface area contributed by atoms with Gasteiger partial charge in [-0.1, -0.05) is 12.1 Å². The van der Waals surface area contributed by atoms with E-state index in [1.165, 1.54) is 0 Å². The molecule has 1 saturated heterocycles. The SMILES string of the molecule is Nc1ccccc1C(=O)NC1CC(=O)NC1=O. The summed E-state index contributed by atoms with van der Waals surface area (Å²) in [5, 5.41) is 4.58. The number of hydrogen-bond acceptors (Lipinski definition) is 4. The monoisotopic (exact) mass is 233 g/mol. The van der Waals surface area contributed by atoms with Crippen LogP contribution in [0.5, 0.6) is 0 Å². The number of imide groups is 1. The van der Waals surface area contributed by atoms with Crippen molar-refractivity contribution in [2.75, 3.05) is 5.73 Å². The summed E-state index contributed by atoms with van der Waals surface area (Å²) in [5.41, 5.74) is 6.25. The first-order valence-corrected chi connectivity index (χ1v) is 5.07. The second-order valence-corrected chi connectivity index (χ2v) is 3.73. The summed E-state index contributed by atoms with van der Waals surface area (Å²) in [4.78, 5) is 34.0. The van der Waals surface area contributed by atoms with Crippen LogP contribution in [0.15, 0.2) is 24.3 Å². The lowest BCUT2D eigenvalue weighted by Gasteiger charge is -2.10. The predicted octanol–water partition coefficient (Wildman–Crippen LogP) is -0.586. The Labute approximate surface area is 97.2 Å². The highest BCUT2D eigenvalue weighted by atomic mass is 16.2. The normalized spacial score (nSPS) is 18.9. The lowest BCUT2D eigenvalue weighted by atomic mass is 10.1. The highest BCUT2D eigenvalue weighted by Crippen LogP contribution is 2.11. The fourth-order valence-corrected chi connectivity index (χ4v) is 1.61. The Balaban J connectivity index is 2.10. The van der Waals surface area contributed by atoms with Crippen LogP contribution in [-0.2, 0) is 9.59 Å². The summed E-state index contributed by atoms with van der Waals surface area (Å²) < 4.78 is 0. The maximum atomic E-state index is 11.8. The molecule has 4 N–H and O–H groups in total. The van der Waals surface area contributed by atoms with E-state index in [1.807, 2.05) is 0 Å². The van der Waals surface area contributed by atoms with Crippen molar-refractivity contribution in [1.29, 1.82) is 0 Å². The third-order valence-electron chi connectivity index (χ3n) is 2.48. The molecule has 1 aromatic carbocycles. The van der Waals surface area contributed by atoms with Crippen LogP contribution in [0.3, 0.4) is 0 Å². The van der Waals surface area contributed by atoms with Gasteiger partial charge in [-0.3, -0.25) is 19.7 Å². The zero-order valence-electron chi connectivity index (χ0n) is 8.90. The Bertz CT molecular complexity index is 498. The summed E-state index contributed by atoms with van der Waals surface area (Å²) in [6, 6.07) is 5.71. The van der Waals surface area contributed by atoms with Crippen molar-refractivity contribution in [3.63, 3.8) is 0 Å². The molecule has 3 amide bonds. The van der Waals surface area contributed by atoms with E-state index in [0.717, 1.165) is 0 Å². The number of nitrogen functional groups attached to an aromatic ring is 1. The molecule has 0 aliphatic carbocycles. The van der Waals surface area contributed by atoms with E-state index in [1.54, 1.807) is 24.3 Å². The Morgan fingerprint density at radius 2 is 2.06 bits per heavy atom. The molecule has 1 aliphatic heterocycles. The number of hydrogen-bond donors (Lipinski definition) is 3. The molecule has 6 nitrogen and oxygen atoms in total. The molecule has 0 spiro atoms. The van der Waals surface area contributed by atoms with E-state index in [0.29, 0.717) is 11.3 Å². The van der Waals surface area contributed by atoms with Crippen LogP contribution in [-0.4, -0.2) is 23.8 Å². The van der Waals surface area contributed by atoms with E-state index in [4.69, 9.17) is 5.73 Å². The third-order valence-corrected chi connectivity index (χ3v) is 2.48. The summed E-state index contributed by atoms with van der Waals surface area (Å²) in [7, 11) is 0. The maximum absolute atomic E-state index is 11.8. The van der Waals surface area contributed by atoms with Crippen molar-refractivity contribution in [2.24, 2.45) is 0 Å². The van der Waals surface area contributed by atoms with Gasteiger partial charge in [0.25, 0.3) is 5.91 Å². The van der Waals surface area contributed by atoms with Gasteiger partial charge in [-0.2, -0.15) is 0 Å². The fraction of sp³-hybridized carbons (Fsp3) is 0.182. The van der Waals surface area contributed by atoms with Crippen LogP contribution in [0, 0.1) is 0 Å². The smallest absolute Gasteiger partial charge is 0.254 e. The molecule has 6 heteroatoms. The minimum Gasteiger partial charge on any atom is -0.398 e. The molecular formula is C11H11N3O3. The van der Waals surface area contributed by atoms with E-state index in [9.17, 15) is 14.4 Å². The van der Waals surface area contributed by atoms with Crippen molar-refractivity contribution >= 4 is 23.4 Å². The van der Waals surface area contributed by atoms with E-state index in [-0.39, 0.29) is 12.3 Å². The Hall–Kier alpha value is -2.37. The molecule has 0 bridgehead atoms. The molecule has 0 aromatic heterocycles. The standard InChI is InChI=1S/C11H11N3O3/c12-7-4-2-1-3-6(7)10(16)13-8-5-9(15)14-11(8)17/h1-4,8H,5,12H2,(H,13,16)(H,14,15,17). The van der Waals surface area contributed by atoms with Gasteiger partial charge in [0.2, 0.25) is 11.8 Å². The van der Waals surface area contributed by atoms with Crippen LogP contribution in [0.25, 0.3) is 0 Å². The van der Waals surface area contributed by atoms with Crippen molar-refractivity contribution in [2.45, 2.75) is 12.5 Å². The topological polar surface area (TPSA) is 101 Å². The predicted molar refractivity (Wildman–Crippen MR) is 59.9 cm³/mol. The number of nitrogens with two attached hydrogens (primary N) is 1. The number of para-hydroxylation sites is 1. The number of nitrogens with one attached hydrogen (secondary N) is 2. The second-order valence-electron chi connectivity index (χ2n) is 3.73. The summed E-state index contributed by atoms with van der Waals surface area (Å²) in [6.45, 7) is 0. The summed E-state index contributed by atoms with van der Waals surface area (Å²) in [6.07, 6.45) is -0.0304. The van der Waals surface area contributed by atoms with Gasteiger partial charge in [0, 0.05) is 5.69 Å². The number of rotatable bonds is 2. The van der Waals surface area contributed by atoms with Gasteiger partial charge in [0.1, 0.15) is 6.04 Å². The van der Waals surface area contributed by atoms with Gasteiger partial charge in [-0.15, -0.1) is 0 Å². The summed E-state index contributed by atoms with van der Waals surface area (Å²) >= 11 is 0. The Kier molecular flexibility index (Phi) is 2.78. The van der Waals surface area contributed by atoms with E-state index >= 15 is 0 Å². The van der Waals surface area contributed by atoms with E-state index < -0.39 is 17.9 Å². The Morgan fingerprint density at radius 1 is 1.35 bits per heavy atom. The number of carbonyl (C=O) groups is 3. The zero-order valence-corrected chi connectivity index (χ0v) is 8.90. The Morgan fingerprint density at radius 3 is 2.65 bits per heavy atom. The molecule has 1 atom stereocenters. The average Bonchev–Trinajstić information content (AvgIpc) is 2.58. The molecule has 0 saturated carbocycles. The van der Waals surface area contributed by atoms with Gasteiger partial charge >= 0.3 is 0 Å². The largest absolute Gasteiger partial charge is 0.398 e. The first-order chi connectivity index (χ1) is 8.08. The first-order valence-electron chi connectivity index (χ1n) is 5.07. The van der Waals surface area contributed by atoms with Gasteiger partial charge in [0.05, 0.1) is 12.0 Å². The average molecular weight is 233 g/mol. The minimum atomic E-state index is -0.811. The molecule has 1 aliphatic rings. The lowest BCUT2D eigenvalue weighted by molar-refractivity contribution is -0.125. The van der Waals surface area contributed by atoms with Gasteiger partial charge in [-0.25, -0.2) is 0 Å². The van der Waals surface area contributed by atoms with Gasteiger partial charge < -0.3 is 11.1 Å². The van der Waals surface area contributed by atoms with Crippen molar-refractivity contribution in [3.05, 3.63) is 29.8 Å². The molecule has 1 unspecified atom stereocenters. The molecular weight excluding hydrogens is 222 g/mol. The quantitative estimate of drug-likeness (QED) is 0.469. The minimum absolute atomic E-state index is 0.0304. The molecule has 1 fully saturated rings. The number of anilines is 1. The van der Waals surface area contributed by atoms with Crippen molar-refractivity contribution in [1.82, 2.24) is 10.6 Å². The second kappa shape index (κ2) is 4.25. The summed E-state index contributed by atoms with van der Waals surface area (Å²) in [5.74, 6) is -1.34. The fourth-order valence-electron chi connectivity index (χ4n) is 1.61. The molecule has 1 aromatic rings. The highest BCUT2D eigenvalue weighted by molar-refractivity contribution is 6.09. The zero-order chi connectivity index (χ0) is 12.4. The first kappa shape index (κ1) is 11.1. The highest BCUT2D eigenvalue weighted by Gasteiger charge is 2.32. The van der Waals surface area contributed by atoms with Crippen LogP contribution in [0.4, 0.5) is 5.69 Å². The molecule has 17 heavy (non-hydrogen) atoms. The lowest BCUT2D eigenvalue weighted by Crippen LogP contribution is -2.40. The van der Waals surface area contributed by atoms with Crippen LogP contribution in [0.1, 0.15) is 16.8 Å². The molecule has 0 radical (unpaired) electrons. The molecule has 88 valence electrons. The molecule has 1 heterocycles. The van der Waals surface area contributed by atoms with Crippen LogP contribution in [0.2, 0.25) is 0 Å². The third kappa shape index (κ3) is 2.25. The molecule has 2 rings (SSSR count). The van der Waals surface area contributed by atoms with Crippen molar-refractivity contribution in [3.8, 4) is 0 Å². The van der Waals surface area contributed by atoms with Crippen LogP contribution < -0.4 is 16.4 Å². The van der Waals surface area contributed by atoms with E-state index in [2.05, 4.69) is 10.6 Å². The van der Waals surface area contributed by atoms with Crippen molar-refractivity contribution < 1.29 is 14.4 Å². The number of amides is 3.